The topological polar surface area (TPSA) is 63.6 Å². The maximum absolute atomic E-state index is 12.5. The lowest BCUT2D eigenvalue weighted by Crippen LogP contribution is -2.45. The van der Waals surface area contributed by atoms with Crippen molar-refractivity contribution in [3.05, 3.63) is 36.4 Å². The lowest BCUT2D eigenvalue weighted by molar-refractivity contribution is 0.0710. The fourth-order valence-electron chi connectivity index (χ4n) is 2.50. The molecule has 21 heavy (non-hydrogen) atoms. The first-order valence-electron chi connectivity index (χ1n) is 7.62. The molecule has 0 aliphatic carbocycles. The van der Waals surface area contributed by atoms with Crippen molar-refractivity contribution in [3.63, 3.8) is 0 Å². The first-order valence-corrected chi connectivity index (χ1v) is 7.62. The van der Waals surface area contributed by atoms with Crippen molar-refractivity contribution in [2.24, 2.45) is 5.73 Å². The van der Waals surface area contributed by atoms with E-state index < -0.39 is 0 Å². The van der Waals surface area contributed by atoms with E-state index in [-0.39, 0.29) is 11.9 Å². The zero-order chi connectivity index (χ0) is 15.2. The molecule has 0 radical (unpaired) electrons. The summed E-state index contributed by atoms with van der Waals surface area (Å²) in [4.78, 5) is 18.4. The van der Waals surface area contributed by atoms with E-state index in [0.29, 0.717) is 12.1 Å². The molecule has 3 heterocycles. The number of hydrogen-bond donors (Lipinski definition) is 1. The largest absolute Gasteiger partial charge is 0.337 e. The zero-order valence-electron chi connectivity index (χ0n) is 12.8. The number of nitrogens with two attached hydrogens (primary N) is 1. The third-order valence-electron chi connectivity index (χ3n) is 3.43. The molecule has 3 rings (SSSR count). The van der Waals surface area contributed by atoms with Crippen LogP contribution in [0.3, 0.4) is 0 Å². The first-order chi connectivity index (χ1) is 10.2. The lowest BCUT2D eigenvalue weighted by Gasteiger charge is -2.30. The molecule has 0 aromatic carbocycles. The Balaban J connectivity index is 0.000000497. The van der Waals surface area contributed by atoms with Crippen LogP contribution in [0.25, 0.3) is 5.52 Å². The molecule has 2 aromatic rings. The van der Waals surface area contributed by atoms with E-state index in [2.05, 4.69) is 18.8 Å². The van der Waals surface area contributed by atoms with Gasteiger partial charge >= 0.3 is 0 Å². The van der Waals surface area contributed by atoms with E-state index >= 15 is 0 Å². The summed E-state index contributed by atoms with van der Waals surface area (Å²) in [5.74, 6) is 0.0521. The fraction of sp³-hybridized carbons (Fsp3) is 0.500. The summed E-state index contributed by atoms with van der Waals surface area (Å²) in [5, 5.41) is 0. The van der Waals surface area contributed by atoms with Gasteiger partial charge in [-0.15, -0.1) is 0 Å². The van der Waals surface area contributed by atoms with E-state index in [9.17, 15) is 4.79 Å². The van der Waals surface area contributed by atoms with Crippen LogP contribution < -0.4 is 5.73 Å². The molecule has 5 heteroatoms. The van der Waals surface area contributed by atoms with Gasteiger partial charge in [-0.3, -0.25) is 4.79 Å². The highest BCUT2D eigenvalue weighted by atomic mass is 16.2. The number of carbonyl (C=O) groups is 1. The zero-order valence-corrected chi connectivity index (χ0v) is 12.8. The molecule has 114 valence electrons. The molecule has 1 aliphatic rings. The van der Waals surface area contributed by atoms with Crippen LogP contribution in [0.4, 0.5) is 0 Å². The summed E-state index contributed by atoms with van der Waals surface area (Å²) in [6.07, 6.45) is 8.54. The van der Waals surface area contributed by atoms with E-state index in [4.69, 9.17) is 5.73 Å². The maximum atomic E-state index is 12.5. The van der Waals surface area contributed by atoms with Gasteiger partial charge in [0.05, 0.1) is 23.6 Å². The second kappa shape index (κ2) is 7.22. The second-order valence-electron chi connectivity index (χ2n) is 5.47. The van der Waals surface area contributed by atoms with E-state index in [1.54, 1.807) is 12.5 Å². The van der Waals surface area contributed by atoms with E-state index in [0.717, 1.165) is 24.9 Å². The van der Waals surface area contributed by atoms with Crippen LogP contribution >= 0.6 is 0 Å². The number of amides is 1. The van der Waals surface area contributed by atoms with Gasteiger partial charge in [0.1, 0.15) is 0 Å². The maximum Gasteiger partial charge on any atom is 0.256 e. The third kappa shape index (κ3) is 3.61. The SMILES string of the molecule is CCC.NC1CCCN(C(=O)c2cccn3cncc23)C1. The second-order valence-corrected chi connectivity index (χ2v) is 5.47. The van der Waals surface area contributed by atoms with Crippen LogP contribution in [-0.4, -0.2) is 39.3 Å². The van der Waals surface area contributed by atoms with Gasteiger partial charge in [0.25, 0.3) is 5.91 Å². The van der Waals surface area contributed by atoms with E-state index in [1.165, 1.54) is 6.42 Å². The van der Waals surface area contributed by atoms with Crippen LogP contribution in [0.1, 0.15) is 43.5 Å². The van der Waals surface area contributed by atoms with Crippen LogP contribution in [0.2, 0.25) is 0 Å². The Bertz CT molecular complexity index is 593. The smallest absolute Gasteiger partial charge is 0.256 e. The number of aromatic nitrogens is 2. The average Bonchev–Trinajstić information content (AvgIpc) is 2.95. The highest BCUT2D eigenvalue weighted by Crippen LogP contribution is 2.16. The van der Waals surface area contributed by atoms with Gasteiger partial charge < -0.3 is 15.0 Å². The van der Waals surface area contributed by atoms with E-state index in [1.807, 2.05) is 27.6 Å². The number of piperidine rings is 1. The number of pyridine rings is 1. The Morgan fingerprint density at radius 1 is 1.48 bits per heavy atom. The predicted octanol–water partition coefficient (Wildman–Crippen LogP) is 2.31. The first kappa shape index (κ1) is 15.5. The predicted molar refractivity (Wildman–Crippen MR) is 84.3 cm³/mol. The summed E-state index contributed by atoms with van der Waals surface area (Å²) in [5.41, 5.74) is 7.47. The van der Waals surface area contributed by atoms with Crippen molar-refractivity contribution in [2.45, 2.75) is 39.2 Å². The van der Waals surface area contributed by atoms with Crippen LogP contribution in [0.5, 0.6) is 0 Å². The Hall–Kier alpha value is -1.88. The van der Waals surface area contributed by atoms with Crippen LogP contribution in [-0.2, 0) is 0 Å². The van der Waals surface area contributed by atoms with Crippen LogP contribution in [0, 0.1) is 0 Å². The molecular formula is C16H24N4O. The Labute approximate surface area is 125 Å². The number of carbonyl (C=O) groups excluding carboxylic acids is 1. The molecule has 1 atom stereocenters. The molecule has 1 unspecified atom stereocenters. The summed E-state index contributed by atoms with van der Waals surface area (Å²) >= 11 is 0. The molecule has 1 amide bonds. The number of likely N-dealkylation sites (tertiary alicyclic amines) is 1. The number of imidazole rings is 1. The van der Waals surface area contributed by atoms with Crippen molar-refractivity contribution >= 4 is 11.4 Å². The third-order valence-corrected chi connectivity index (χ3v) is 3.43. The van der Waals surface area contributed by atoms with Gasteiger partial charge in [-0.2, -0.15) is 0 Å². The number of hydrogen-bond acceptors (Lipinski definition) is 3. The number of fused-ring (bicyclic) bond motifs is 1. The van der Waals surface area contributed by atoms with Gasteiger partial charge in [0, 0.05) is 25.3 Å². The Morgan fingerprint density at radius 2 is 2.24 bits per heavy atom. The average molecular weight is 288 g/mol. The highest BCUT2D eigenvalue weighted by molar-refractivity contribution is 6.00. The number of rotatable bonds is 1. The standard InChI is InChI=1S/C13H16N4O.C3H8/c14-10-3-1-5-16(8-10)13(18)11-4-2-6-17-9-15-7-12(11)17;1-3-2/h2,4,6-7,9-10H,1,3,5,8,14H2;3H2,1-2H3. The Kier molecular flexibility index (Phi) is 5.33. The monoisotopic (exact) mass is 288 g/mol. The molecule has 5 nitrogen and oxygen atoms in total. The van der Waals surface area contributed by atoms with Crippen molar-refractivity contribution in [1.82, 2.24) is 14.3 Å². The van der Waals surface area contributed by atoms with Crippen molar-refractivity contribution in [3.8, 4) is 0 Å². The van der Waals surface area contributed by atoms with Crippen molar-refractivity contribution in [2.75, 3.05) is 13.1 Å². The summed E-state index contributed by atoms with van der Waals surface area (Å²) < 4.78 is 1.86. The van der Waals surface area contributed by atoms with Crippen molar-refractivity contribution in [1.29, 1.82) is 0 Å². The van der Waals surface area contributed by atoms with Gasteiger partial charge in [-0.05, 0) is 25.0 Å². The normalized spacial score (nSPS) is 18.2. The molecule has 0 saturated carbocycles. The molecule has 2 N–H and O–H groups in total. The molecule has 2 aromatic heterocycles. The van der Waals surface area contributed by atoms with Crippen LogP contribution in [0.15, 0.2) is 30.9 Å². The minimum atomic E-state index is 0.0521. The molecule has 1 fully saturated rings. The number of nitrogens with zero attached hydrogens (tertiary/aromatic N) is 3. The molecule has 0 bridgehead atoms. The van der Waals surface area contributed by atoms with Gasteiger partial charge in [-0.1, -0.05) is 20.3 Å². The molecular weight excluding hydrogens is 264 g/mol. The highest BCUT2D eigenvalue weighted by Gasteiger charge is 2.23. The summed E-state index contributed by atoms with van der Waals surface area (Å²) in [6.45, 7) is 5.69. The van der Waals surface area contributed by atoms with Gasteiger partial charge in [-0.25, -0.2) is 4.98 Å². The van der Waals surface area contributed by atoms with Crippen molar-refractivity contribution < 1.29 is 4.79 Å². The van der Waals surface area contributed by atoms with Gasteiger partial charge in [0.2, 0.25) is 0 Å². The van der Waals surface area contributed by atoms with Gasteiger partial charge in [0.15, 0.2) is 0 Å². The lowest BCUT2D eigenvalue weighted by atomic mass is 10.1. The molecule has 0 spiro atoms. The minimum absolute atomic E-state index is 0.0521. The quantitative estimate of drug-likeness (QED) is 0.876. The summed E-state index contributed by atoms with van der Waals surface area (Å²) in [6, 6.07) is 3.82. The molecule has 1 saturated heterocycles. The molecule has 1 aliphatic heterocycles. The fourth-order valence-corrected chi connectivity index (χ4v) is 2.50. The Morgan fingerprint density at radius 3 is 2.95 bits per heavy atom. The summed E-state index contributed by atoms with van der Waals surface area (Å²) in [7, 11) is 0. The minimum Gasteiger partial charge on any atom is -0.337 e.